The van der Waals surface area contributed by atoms with Gasteiger partial charge in [0.25, 0.3) is 11.5 Å². The number of thiazole rings is 1. The molecule has 0 unspecified atom stereocenters. The summed E-state index contributed by atoms with van der Waals surface area (Å²) in [4.78, 5) is 29.1. The number of aromatic nitrogens is 2. The summed E-state index contributed by atoms with van der Waals surface area (Å²) < 4.78 is 15.5. The number of nitrogens with zero attached hydrogens (tertiary/aromatic N) is 2. The normalized spacial score (nSPS) is 10.9. The number of rotatable bonds is 4. The second kappa shape index (κ2) is 7.36. The van der Waals surface area contributed by atoms with Crippen LogP contribution >= 0.6 is 11.3 Å². The van der Waals surface area contributed by atoms with Gasteiger partial charge in [0.15, 0.2) is 5.13 Å². The van der Waals surface area contributed by atoms with E-state index in [4.69, 9.17) is 0 Å². The lowest BCUT2D eigenvalue weighted by Gasteiger charge is -2.08. The molecule has 0 saturated carbocycles. The van der Waals surface area contributed by atoms with Gasteiger partial charge in [-0.2, -0.15) is 0 Å². The number of pyridine rings is 1. The van der Waals surface area contributed by atoms with E-state index in [9.17, 15) is 14.0 Å². The minimum Gasteiger partial charge on any atom is -0.310 e. The average molecular weight is 393 g/mol. The summed E-state index contributed by atoms with van der Waals surface area (Å²) in [6.07, 6.45) is 1.50. The molecule has 7 heteroatoms. The van der Waals surface area contributed by atoms with Crippen molar-refractivity contribution in [2.24, 2.45) is 0 Å². The lowest BCUT2D eigenvalue weighted by Crippen LogP contribution is -2.22. The molecule has 0 spiro atoms. The van der Waals surface area contributed by atoms with Crippen LogP contribution in [0.1, 0.15) is 21.5 Å². The molecule has 28 heavy (non-hydrogen) atoms. The Balaban J connectivity index is 1.56. The summed E-state index contributed by atoms with van der Waals surface area (Å²) in [5.74, 6) is -0.682. The Morgan fingerprint density at radius 1 is 1.14 bits per heavy atom. The summed E-state index contributed by atoms with van der Waals surface area (Å²) in [6.45, 7) is 2.25. The van der Waals surface area contributed by atoms with Crippen molar-refractivity contribution in [3.63, 3.8) is 0 Å². The third-order valence-corrected chi connectivity index (χ3v) is 5.21. The molecule has 140 valence electrons. The van der Waals surface area contributed by atoms with Gasteiger partial charge in [0, 0.05) is 12.3 Å². The minimum absolute atomic E-state index is 0.240. The van der Waals surface area contributed by atoms with Gasteiger partial charge in [-0.25, -0.2) is 9.37 Å². The summed E-state index contributed by atoms with van der Waals surface area (Å²) >= 11 is 1.40. The van der Waals surface area contributed by atoms with Crippen LogP contribution in [0.15, 0.2) is 65.6 Å². The van der Waals surface area contributed by atoms with Gasteiger partial charge in [0.2, 0.25) is 0 Å². The maximum Gasteiger partial charge on any atom is 0.258 e. The molecule has 2 heterocycles. The van der Waals surface area contributed by atoms with Crippen LogP contribution < -0.4 is 10.9 Å². The third-order valence-electron chi connectivity index (χ3n) is 4.28. The summed E-state index contributed by atoms with van der Waals surface area (Å²) in [5.41, 5.74) is 2.82. The first-order valence-electron chi connectivity index (χ1n) is 8.61. The van der Waals surface area contributed by atoms with Crippen LogP contribution in [0.5, 0.6) is 0 Å². The highest BCUT2D eigenvalue weighted by atomic mass is 32.1. The molecule has 2 aromatic heterocycles. The van der Waals surface area contributed by atoms with Crippen LogP contribution in [-0.4, -0.2) is 15.5 Å². The van der Waals surface area contributed by atoms with E-state index in [-0.39, 0.29) is 23.8 Å². The number of hydrogen-bond donors (Lipinski definition) is 1. The number of carbonyl (C=O) groups is 1. The highest BCUT2D eigenvalue weighted by Gasteiger charge is 2.12. The number of amides is 1. The predicted octanol–water partition coefficient (Wildman–Crippen LogP) is 4.21. The molecule has 0 fully saturated rings. The first kappa shape index (κ1) is 18.1. The zero-order chi connectivity index (χ0) is 19.7. The molecule has 4 aromatic rings. The maximum atomic E-state index is 13.1. The van der Waals surface area contributed by atoms with Gasteiger partial charge in [0.1, 0.15) is 5.82 Å². The number of nitrogens with one attached hydrogen (secondary N) is 1. The summed E-state index contributed by atoms with van der Waals surface area (Å²) in [6, 6.07) is 14.6. The molecule has 0 saturated heterocycles. The summed E-state index contributed by atoms with van der Waals surface area (Å²) in [7, 11) is 0. The van der Waals surface area contributed by atoms with Crippen molar-refractivity contribution in [2.45, 2.75) is 13.5 Å². The molecule has 0 radical (unpaired) electrons. The molecule has 0 atom stereocenters. The molecular formula is C21H16FN3O2S. The van der Waals surface area contributed by atoms with Crippen molar-refractivity contribution in [3.05, 3.63) is 93.7 Å². The van der Waals surface area contributed by atoms with Crippen molar-refractivity contribution < 1.29 is 9.18 Å². The van der Waals surface area contributed by atoms with E-state index >= 15 is 0 Å². The van der Waals surface area contributed by atoms with Gasteiger partial charge in [-0.1, -0.05) is 29.5 Å². The number of fused-ring (bicyclic) bond motifs is 1. The van der Waals surface area contributed by atoms with Gasteiger partial charge in [-0.15, -0.1) is 0 Å². The zero-order valence-electron chi connectivity index (χ0n) is 15.0. The summed E-state index contributed by atoms with van der Waals surface area (Å²) in [5, 5.41) is 3.29. The topological polar surface area (TPSA) is 64.0 Å². The Kier molecular flexibility index (Phi) is 4.75. The van der Waals surface area contributed by atoms with Crippen molar-refractivity contribution in [1.82, 2.24) is 9.55 Å². The molecule has 1 N–H and O–H groups in total. The Morgan fingerprint density at radius 3 is 2.71 bits per heavy atom. The zero-order valence-corrected chi connectivity index (χ0v) is 15.8. The predicted molar refractivity (Wildman–Crippen MR) is 109 cm³/mol. The van der Waals surface area contributed by atoms with Crippen molar-refractivity contribution >= 4 is 32.6 Å². The first-order chi connectivity index (χ1) is 13.5. The van der Waals surface area contributed by atoms with Crippen LogP contribution in [0.3, 0.4) is 0 Å². The number of halogens is 1. The Morgan fingerprint density at radius 2 is 1.93 bits per heavy atom. The van der Waals surface area contributed by atoms with E-state index in [1.807, 2.05) is 25.1 Å². The molecule has 0 bridgehead atoms. The second-order valence-corrected chi connectivity index (χ2v) is 7.49. The van der Waals surface area contributed by atoms with Crippen LogP contribution in [-0.2, 0) is 6.54 Å². The van der Waals surface area contributed by atoms with Crippen LogP contribution in [0.25, 0.3) is 10.2 Å². The Labute approximate surface area is 164 Å². The monoisotopic (exact) mass is 393 g/mol. The number of benzene rings is 2. The smallest absolute Gasteiger partial charge is 0.258 e. The lowest BCUT2D eigenvalue weighted by molar-refractivity contribution is 0.102. The van der Waals surface area contributed by atoms with Gasteiger partial charge >= 0.3 is 0 Å². The van der Waals surface area contributed by atoms with E-state index in [1.54, 1.807) is 12.1 Å². The van der Waals surface area contributed by atoms with Crippen molar-refractivity contribution in [1.29, 1.82) is 0 Å². The fourth-order valence-electron chi connectivity index (χ4n) is 2.83. The Hall–Kier alpha value is -3.32. The molecule has 4 rings (SSSR count). The quantitative estimate of drug-likeness (QED) is 0.565. The largest absolute Gasteiger partial charge is 0.310 e. The van der Waals surface area contributed by atoms with Gasteiger partial charge in [0.05, 0.1) is 22.3 Å². The van der Waals surface area contributed by atoms with Crippen LogP contribution in [0, 0.1) is 12.7 Å². The van der Waals surface area contributed by atoms with Crippen LogP contribution in [0.4, 0.5) is 9.52 Å². The molecule has 1 amide bonds. The molecular weight excluding hydrogens is 377 g/mol. The molecule has 2 aromatic carbocycles. The second-order valence-electron chi connectivity index (χ2n) is 6.45. The van der Waals surface area contributed by atoms with Crippen LogP contribution in [0.2, 0.25) is 0 Å². The van der Waals surface area contributed by atoms with E-state index < -0.39 is 0 Å². The van der Waals surface area contributed by atoms with E-state index in [0.29, 0.717) is 10.7 Å². The lowest BCUT2D eigenvalue weighted by atomic mass is 10.2. The van der Waals surface area contributed by atoms with Crippen molar-refractivity contribution in [2.75, 3.05) is 5.32 Å². The first-order valence-corrected chi connectivity index (χ1v) is 9.43. The average Bonchev–Trinajstić information content (AvgIpc) is 3.06. The van der Waals surface area contributed by atoms with Crippen molar-refractivity contribution in [3.8, 4) is 0 Å². The number of carbonyl (C=O) groups excluding carboxylic acids is 1. The molecule has 5 nitrogen and oxygen atoms in total. The van der Waals surface area contributed by atoms with E-state index in [2.05, 4.69) is 10.3 Å². The fraction of sp³-hybridized carbons (Fsp3) is 0.0952. The minimum atomic E-state index is -0.344. The SMILES string of the molecule is Cc1ccc2nc(NC(=O)c3ccc(=O)n(Cc4ccc(F)cc4)c3)sc2c1. The van der Waals surface area contributed by atoms with Gasteiger partial charge < -0.3 is 4.57 Å². The third kappa shape index (κ3) is 3.84. The number of hydrogen-bond acceptors (Lipinski definition) is 4. The highest BCUT2D eigenvalue weighted by molar-refractivity contribution is 7.22. The van der Waals surface area contributed by atoms with E-state index in [1.165, 1.54) is 46.4 Å². The molecule has 0 aliphatic carbocycles. The molecule has 0 aliphatic rings. The Bertz CT molecular complexity index is 1230. The van der Waals surface area contributed by atoms with E-state index in [0.717, 1.165) is 21.3 Å². The number of aryl methyl sites for hydroxylation is 1. The standard InChI is InChI=1S/C21H16FN3O2S/c1-13-2-8-17-18(10-13)28-21(23-17)24-20(27)15-5-9-19(26)25(12-15)11-14-3-6-16(22)7-4-14/h2-10,12H,11H2,1H3,(H,23,24,27). The fourth-order valence-corrected chi connectivity index (χ4v) is 3.79. The van der Waals surface area contributed by atoms with Gasteiger partial charge in [-0.3, -0.25) is 14.9 Å². The molecule has 0 aliphatic heterocycles. The number of anilines is 1. The van der Waals surface area contributed by atoms with Gasteiger partial charge in [-0.05, 0) is 48.4 Å². The highest BCUT2D eigenvalue weighted by Crippen LogP contribution is 2.26. The maximum absolute atomic E-state index is 13.1.